The summed E-state index contributed by atoms with van der Waals surface area (Å²) in [6.07, 6.45) is 21.4. The number of para-hydroxylation sites is 2. The Bertz CT molecular complexity index is 1600. The van der Waals surface area contributed by atoms with Crippen molar-refractivity contribution >= 4 is 34.5 Å². The van der Waals surface area contributed by atoms with E-state index in [9.17, 15) is 19.2 Å². The first-order chi connectivity index (χ1) is 26.2. The van der Waals surface area contributed by atoms with Gasteiger partial charge >= 0.3 is 11.9 Å². The summed E-state index contributed by atoms with van der Waals surface area (Å²) in [5.41, 5.74) is 6.87. The van der Waals surface area contributed by atoms with Gasteiger partial charge < -0.3 is 34.7 Å². The van der Waals surface area contributed by atoms with E-state index in [4.69, 9.17) is 30.2 Å². The van der Waals surface area contributed by atoms with Gasteiger partial charge in [-0.25, -0.2) is 4.79 Å². The van der Waals surface area contributed by atoms with Crippen LogP contribution in [0, 0.1) is 6.92 Å². The number of amides is 1. The summed E-state index contributed by atoms with van der Waals surface area (Å²) < 4.78 is 19.6. The van der Waals surface area contributed by atoms with Gasteiger partial charge in [0, 0.05) is 18.7 Å². The molecule has 0 unspecified atom stereocenters. The number of carboxylic acids is 2. The number of nitrogens with zero attached hydrogens (tertiary/aromatic N) is 1. The molecule has 3 aromatic rings. The highest BCUT2D eigenvalue weighted by atomic mass is 16.5. The van der Waals surface area contributed by atoms with E-state index in [1.807, 2.05) is 34.9 Å². The van der Waals surface area contributed by atoms with Crippen molar-refractivity contribution in [1.29, 1.82) is 0 Å². The monoisotopic (exact) mass is 750 g/mol. The quantitative estimate of drug-likeness (QED) is 0.0320. The Morgan fingerprint density at radius 2 is 1.04 bits per heavy atom. The normalized spacial score (nSPS) is 11.1. The molecule has 3 rings (SSSR count). The number of aromatic nitrogens is 1. The Hall–Kier alpha value is -4.54. The Balaban J connectivity index is 1.23. The van der Waals surface area contributed by atoms with E-state index < -0.39 is 30.2 Å². The third-order valence-corrected chi connectivity index (χ3v) is 9.79. The molecule has 0 saturated carbocycles. The van der Waals surface area contributed by atoms with Crippen molar-refractivity contribution in [3.8, 4) is 17.2 Å². The van der Waals surface area contributed by atoms with Gasteiger partial charge in [-0.2, -0.15) is 0 Å². The zero-order valence-electron chi connectivity index (χ0n) is 32.3. The number of rotatable bonds is 32. The summed E-state index contributed by atoms with van der Waals surface area (Å²) in [6.45, 7) is 3.26. The van der Waals surface area contributed by atoms with Crippen LogP contribution in [0.4, 0.5) is 0 Å². The van der Waals surface area contributed by atoms with Crippen LogP contribution in [0.3, 0.4) is 0 Å². The molecule has 0 aliphatic heterocycles. The predicted octanol–water partition coefficient (Wildman–Crippen LogP) is 9.43. The van der Waals surface area contributed by atoms with Gasteiger partial charge in [-0.3, -0.25) is 14.4 Å². The van der Waals surface area contributed by atoms with Crippen molar-refractivity contribution in [2.45, 2.75) is 142 Å². The number of hydrogen-bond donors (Lipinski definition) is 3. The molecule has 4 N–H and O–H groups in total. The SMILES string of the molecule is Cc1c(C(=O)C(N)=O)c2c(OCC(=O)O)cccc2n1CCCCCCCCCCCCOc1ccccc1OCCCCCCCCCCCC(=O)O. The number of nitrogens with two attached hydrogens (primary N) is 1. The highest BCUT2D eigenvalue weighted by Crippen LogP contribution is 2.34. The molecule has 1 aromatic heterocycles. The third kappa shape index (κ3) is 15.8. The number of fused-ring (bicyclic) bond motifs is 1. The first kappa shape index (κ1) is 43.9. The number of carbonyl (C=O) groups is 4. The Kier molecular flexibility index (Phi) is 20.7. The van der Waals surface area contributed by atoms with Gasteiger partial charge in [0.1, 0.15) is 5.75 Å². The summed E-state index contributed by atoms with van der Waals surface area (Å²) in [6, 6.07) is 13.1. The molecule has 0 aliphatic carbocycles. The second-order valence-corrected chi connectivity index (χ2v) is 14.1. The van der Waals surface area contributed by atoms with Gasteiger partial charge in [0.05, 0.1) is 29.7 Å². The second kappa shape index (κ2) is 25.5. The van der Waals surface area contributed by atoms with Crippen LogP contribution in [0.15, 0.2) is 42.5 Å². The molecule has 298 valence electrons. The molecule has 0 spiro atoms. The van der Waals surface area contributed by atoms with Crippen molar-refractivity contribution in [2.24, 2.45) is 5.73 Å². The van der Waals surface area contributed by atoms with Crippen LogP contribution in [0.25, 0.3) is 10.9 Å². The van der Waals surface area contributed by atoms with Crippen LogP contribution < -0.4 is 19.9 Å². The number of ketones is 1. The predicted molar refractivity (Wildman–Crippen MR) is 211 cm³/mol. The Morgan fingerprint density at radius 1 is 0.574 bits per heavy atom. The lowest BCUT2D eigenvalue weighted by Gasteiger charge is -2.12. The molecule has 0 fully saturated rings. The fraction of sp³-hybridized carbons (Fsp3) is 0.581. The molecule has 1 amide bonds. The van der Waals surface area contributed by atoms with Crippen molar-refractivity contribution in [3.05, 3.63) is 53.7 Å². The number of primary amides is 1. The smallest absolute Gasteiger partial charge is 0.341 e. The lowest BCUT2D eigenvalue weighted by atomic mass is 10.1. The van der Waals surface area contributed by atoms with Gasteiger partial charge in [0.25, 0.3) is 11.7 Å². The van der Waals surface area contributed by atoms with Gasteiger partial charge in [0.2, 0.25) is 0 Å². The zero-order chi connectivity index (χ0) is 39.0. The molecule has 0 saturated heterocycles. The van der Waals surface area contributed by atoms with Crippen LogP contribution in [0.2, 0.25) is 0 Å². The fourth-order valence-corrected chi connectivity index (χ4v) is 6.90. The number of hydrogen-bond acceptors (Lipinski definition) is 7. The first-order valence-electron chi connectivity index (χ1n) is 20.1. The minimum Gasteiger partial charge on any atom is -0.490 e. The molecular formula is C43H62N2O9. The molecule has 0 radical (unpaired) electrons. The van der Waals surface area contributed by atoms with E-state index in [1.54, 1.807) is 19.1 Å². The molecule has 11 heteroatoms. The van der Waals surface area contributed by atoms with Gasteiger partial charge in [-0.05, 0) is 56.9 Å². The fourth-order valence-electron chi connectivity index (χ4n) is 6.90. The van der Waals surface area contributed by atoms with Crippen molar-refractivity contribution in [2.75, 3.05) is 19.8 Å². The molecule has 2 aromatic carbocycles. The number of unbranched alkanes of at least 4 members (excludes halogenated alkanes) is 17. The topological polar surface area (TPSA) is 167 Å². The van der Waals surface area contributed by atoms with Crippen molar-refractivity contribution in [1.82, 2.24) is 4.57 Å². The number of benzene rings is 2. The lowest BCUT2D eigenvalue weighted by Crippen LogP contribution is -2.24. The average Bonchev–Trinajstić information content (AvgIpc) is 3.43. The highest BCUT2D eigenvalue weighted by molar-refractivity contribution is 6.45. The molecular weight excluding hydrogens is 688 g/mol. The van der Waals surface area contributed by atoms with E-state index >= 15 is 0 Å². The number of carboxylic acid groups (broad SMARTS) is 2. The minimum absolute atomic E-state index is 0.175. The maximum absolute atomic E-state index is 12.8. The standard InChI is InChI=1S/C43H62N2O9/c1-33-40(42(50)43(44)51)41-34(24-23-27-37(41)54-32-39(48)49)45(33)29-20-14-10-6-2-3-7-11-15-21-30-52-35-25-18-19-26-36(35)53-31-22-16-12-8-4-5-9-13-17-28-38(46)47/h18-19,23-27H,2-17,20-22,28-32H2,1H3,(H2,44,51)(H,46,47)(H,48,49). The lowest BCUT2D eigenvalue weighted by molar-refractivity contribution is -0.139. The molecule has 54 heavy (non-hydrogen) atoms. The van der Waals surface area contributed by atoms with E-state index in [0.29, 0.717) is 30.8 Å². The third-order valence-electron chi connectivity index (χ3n) is 9.79. The average molecular weight is 751 g/mol. The summed E-state index contributed by atoms with van der Waals surface area (Å²) >= 11 is 0. The number of carbonyl (C=O) groups excluding carboxylic acids is 2. The summed E-state index contributed by atoms with van der Waals surface area (Å²) in [5.74, 6) is -1.82. The van der Waals surface area contributed by atoms with Crippen molar-refractivity contribution < 1.29 is 43.6 Å². The van der Waals surface area contributed by atoms with E-state index in [1.165, 1.54) is 57.8 Å². The summed E-state index contributed by atoms with van der Waals surface area (Å²) in [7, 11) is 0. The maximum atomic E-state index is 12.8. The number of ether oxygens (including phenoxy) is 3. The van der Waals surface area contributed by atoms with E-state index in [-0.39, 0.29) is 17.7 Å². The van der Waals surface area contributed by atoms with Crippen LogP contribution >= 0.6 is 0 Å². The second-order valence-electron chi connectivity index (χ2n) is 14.1. The number of Topliss-reactive ketones (excluding diaryl/α,β-unsaturated/α-hetero) is 1. The molecule has 11 nitrogen and oxygen atoms in total. The summed E-state index contributed by atoms with van der Waals surface area (Å²) in [5, 5.41) is 18.2. The van der Waals surface area contributed by atoms with Gasteiger partial charge in [0.15, 0.2) is 18.1 Å². The molecule has 0 atom stereocenters. The van der Waals surface area contributed by atoms with Crippen molar-refractivity contribution in [3.63, 3.8) is 0 Å². The number of aliphatic carboxylic acids is 2. The van der Waals surface area contributed by atoms with Crippen LogP contribution in [-0.4, -0.2) is 58.2 Å². The minimum atomic E-state index is -1.13. The van der Waals surface area contributed by atoms with Crippen LogP contribution in [0.1, 0.15) is 144 Å². The molecule has 0 bridgehead atoms. The first-order valence-corrected chi connectivity index (χ1v) is 20.1. The molecule has 1 heterocycles. The van der Waals surface area contributed by atoms with Crippen LogP contribution in [0.5, 0.6) is 17.2 Å². The number of aryl methyl sites for hydroxylation is 1. The maximum Gasteiger partial charge on any atom is 0.341 e. The van der Waals surface area contributed by atoms with Gasteiger partial charge in [-0.1, -0.05) is 115 Å². The van der Waals surface area contributed by atoms with Crippen LogP contribution in [-0.2, 0) is 20.9 Å². The van der Waals surface area contributed by atoms with E-state index in [2.05, 4.69) is 0 Å². The molecule has 0 aliphatic rings. The Labute approximate surface area is 320 Å². The van der Waals surface area contributed by atoms with Gasteiger partial charge in [-0.15, -0.1) is 0 Å². The Morgan fingerprint density at radius 3 is 1.52 bits per heavy atom. The summed E-state index contributed by atoms with van der Waals surface area (Å²) in [4.78, 5) is 46.2. The highest BCUT2D eigenvalue weighted by Gasteiger charge is 2.26. The largest absolute Gasteiger partial charge is 0.490 e. The zero-order valence-corrected chi connectivity index (χ0v) is 32.3. The van der Waals surface area contributed by atoms with E-state index in [0.717, 1.165) is 81.2 Å².